The minimum absolute atomic E-state index is 0.0451. The van der Waals surface area contributed by atoms with Crippen LogP contribution in [0.1, 0.15) is 79.7 Å². The van der Waals surface area contributed by atoms with Crippen molar-refractivity contribution in [1.29, 1.82) is 0 Å². The second-order valence-electron chi connectivity index (χ2n) is 16.0. The quantitative estimate of drug-likeness (QED) is 0.217. The Morgan fingerprint density at radius 3 is 2.15 bits per heavy atom. The SMILES string of the molecule is CC(C)[C@@H](CS(=O)(=O)Cc1ccccc1)NC(=O)N[C@H](C(=O)N1CC2C([C@H]1C(=O)NC(CC1CCC1)C(=O)C(N)=O)C2(C)C)C(C)(C)C. The van der Waals surface area contributed by atoms with Crippen LogP contribution in [0.4, 0.5) is 4.79 Å². The standard InChI is InChI=1S/C35H53N5O7S/c1-20(2)25(19-48(46,47)18-22-12-9-8-10-13-22)38-33(45)39-29(34(3,4)5)32(44)40-17-23-26(35(23,6)7)27(40)31(43)37-24(28(41)30(36)42)16-21-14-11-15-21/h8-10,12-13,20-21,23-27,29H,11,14-19H2,1-7H3,(H2,36,42)(H,37,43)(H2,38,39,45)/t23?,24?,25-,26?,27+,29-/m1/s1. The van der Waals surface area contributed by atoms with Crippen LogP contribution in [-0.2, 0) is 34.8 Å². The summed E-state index contributed by atoms with van der Waals surface area (Å²) in [5.41, 5.74) is 4.99. The molecule has 5 N–H and O–H groups in total. The average Bonchev–Trinajstić information content (AvgIpc) is 3.27. The summed E-state index contributed by atoms with van der Waals surface area (Å²) in [6.45, 7) is 13.4. The number of sulfone groups is 1. The third-order valence-electron chi connectivity index (χ3n) is 10.6. The Kier molecular flexibility index (Phi) is 11.0. The van der Waals surface area contributed by atoms with Crippen molar-refractivity contribution in [3.05, 3.63) is 35.9 Å². The molecule has 0 bridgehead atoms. The van der Waals surface area contributed by atoms with Crippen molar-refractivity contribution in [3.8, 4) is 0 Å². The first-order valence-electron chi connectivity index (χ1n) is 17.0. The highest BCUT2D eigenvalue weighted by atomic mass is 32.2. The average molecular weight is 688 g/mol. The van der Waals surface area contributed by atoms with Crippen molar-refractivity contribution < 1.29 is 32.4 Å². The molecule has 0 spiro atoms. The molecule has 2 aliphatic carbocycles. The van der Waals surface area contributed by atoms with E-state index in [1.54, 1.807) is 45.0 Å². The minimum atomic E-state index is -3.58. The molecule has 1 heterocycles. The summed E-state index contributed by atoms with van der Waals surface area (Å²) in [5, 5.41) is 8.36. The maximum absolute atomic E-state index is 14.3. The third-order valence-corrected chi connectivity index (χ3v) is 12.2. The molecule has 12 nitrogen and oxygen atoms in total. The molecular weight excluding hydrogens is 634 g/mol. The van der Waals surface area contributed by atoms with Gasteiger partial charge in [0.15, 0.2) is 9.84 Å². The lowest BCUT2D eigenvalue weighted by Gasteiger charge is -2.38. The summed E-state index contributed by atoms with van der Waals surface area (Å²) in [5.74, 6) is -3.49. The first-order chi connectivity index (χ1) is 22.2. The predicted octanol–water partition coefficient (Wildman–Crippen LogP) is 2.55. The van der Waals surface area contributed by atoms with Crippen molar-refractivity contribution in [2.45, 2.75) is 104 Å². The number of benzene rings is 1. The van der Waals surface area contributed by atoms with Crippen molar-refractivity contribution in [2.24, 2.45) is 40.2 Å². The van der Waals surface area contributed by atoms with Crippen LogP contribution in [0.25, 0.3) is 0 Å². The number of nitrogens with one attached hydrogen (secondary N) is 3. The fourth-order valence-corrected chi connectivity index (χ4v) is 9.09. The molecule has 1 aromatic carbocycles. The summed E-state index contributed by atoms with van der Waals surface area (Å²) in [4.78, 5) is 67.7. The summed E-state index contributed by atoms with van der Waals surface area (Å²) in [7, 11) is -3.58. The number of hydrogen-bond donors (Lipinski definition) is 4. The molecule has 48 heavy (non-hydrogen) atoms. The molecule has 1 aliphatic heterocycles. The lowest BCUT2D eigenvalue weighted by atomic mass is 9.80. The van der Waals surface area contributed by atoms with Gasteiger partial charge in [-0.05, 0) is 46.5 Å². The number of carbonyl (C=O) groups is 5. The zero-order valence-corrected chi connectivity index (χ0v) is 30.1. The van der Waals surface area contributed by atoms with Gasteiger partial charge in [0, 0.05) is 12.6 Å². The first kappa shape index (κ1) is 37.3. The Morgan fingerprint density at radius 2 is 1.62 bits per heavy atom. The molecule has 0 aromatic heterocycles. The van der Waals surface area contributed by atoms with Crippen LogP contribution in [0.5, 0.6) is 0 Å². The Bertz CT molecular complexity index is 1500. The molecular formula is C35H53N5O7S. The molecule has 1 saturated heterocycles. The van der Waals surface area contributed by atoms with Gasteiger partial charge in [-0.25, -0.2) is 13.2 Å². The number of urea groups is 1. The van der Waals surface area contributed by atoms with Gasteiger partial charge >= 0.3 is 6.03 Å². The third kappa shape index (κ3) is 8.56. The highest BCUT2D eigenvalue weighted by Gasteiger charge is 2.70. The smallest absolute Gasteiger partial charge is 0.315 e. The summed E-state index contributed by atoms with van der Waals surface area (Å²) < 4.78 is 26.1. The van der Waals surface area contributed by atoms with E-state index in [4.69, 9.17) is 5.73 Å². The number of rotatable bonds is 14. The van der Waals surface area contributed by atoms with E-state index in [2.05, 4.69) is 16.0 Å². The monoisotopic (exact) mass is 687 g/mol. The Balaban J connectivity index is 1.50. The molecule has 3 unspecified atom stereocenters. The molecule has 1 aromatic rings. The van der Waals surface area contributed by atoms with Crippen LogP contribution in [0.3, 0.4) is 0 Å². The summed E-state index contributed by atoms with van der Waals surface area (Å²) in [6, 6.07) is 4.41. The Hall–Kier alpha value is -3.48. The van der Waals surface area contributed by atoms with Gasteiger partial charge in [-0.15, -0.1) is 0 Å². The number of piperidine rings is 1. The van der Waals surface area contributed by atoms with Gasteiger partial charge in [-0.3, -0.25) is 19.2 Å². The van der Waals surface area contributed by atoms with E-state index < -0.39 is 69.0 Å². The first-order valence-corrected chi connectivity index (χ1v) is 18.8. The molecule has 2 saturated carbocycles. The number of amides is 5. The van der Waals surface area contributed by atoms with Crippen LogP contribution < -0.4 is 21.7 Å². The van der Waals surface area contributed by atoms with Gasteiger partial charge in [0.1, 0.15) is 12.1 Å². The topological polar surface area (TPSA) is 185 Å². The number of primary amides is 1. The van der Waals surface area contributed by atoms with E-state index in [0.717, 1.165) is 19.3 Å². The molecule has 3 aliphatic rings. The number of likely N-dealkylation sites (tertiary alicyclic amines) is 1. The molecule has 4 rings (SSSR count). The molecule has 266 valence electrons. The molecule has 13 heteroatoms. The lowest BCUT2D eigenvalue weighted by Crippen LogP contribution is -2.62. The fraction of sp³-hybridized carbons (Fsp3) is 0.686. The fourth-order valence-electron chi connectivity index (χ4n) is 7.25. The summed E-state index contributed by atoms with van der Waals surface area (Å²) >= 11 is 0. The van der Waals surface area contributed by atoms with Crippen molar-refractivity contribution >= 4 is 39.4 Å². The maximum atomic E-state index is 14.3. The molecule has 6 atom stereocenters. The highest BCUT2D eigenvalue weighted by molar-refractivity contribution is 7.90. The van der Waals surface area contributed by atoms with E-state index in [0.29, 0.717) is 18.5 Å². The molecule has 3 fully saturated rings. The van der Waals surface area contributed by atoms with Gasteiger partial charge in [-0.2, -0.15) is 0 Å². The summed E-state index contributed by atoms with van der Waals surface area (Å²) in [6.07, 6.45) is 3.15. The van der Waals surface area contributed by atoms with Gasteiger partial charge in [0.05, 0.1) is 17.5 Å². The van der Waals surface area contributed by atoms with Crippen LogP contribution in [0.2, 0.25) is 0 Å². The van der Waals surface area contributed by atoms with Gasteiger partial charge in [-0.1, -0.05) is 98.1 Å². The van der Waals surface area contributed by atoms with Gasteiger partial charge < -0.3 is 26.6 Å². The molecule has 5 amide bonds. The predicted molar refractivity (Wildman–Crippen MR) is 182 cm³/mol. The zero-order chi connectivity index (χ0) is 35.8. The second kappa shape index (κ2) is 14.2. The Morgan fingerprint density at radius 1 is 1.00 bits per heavy atom. The number of nitrogens with two attached hydrogens (primary N) is 1. The molecule has 0 radical (unpaired) electrons. The second-order valence-corrected chi connectivity index (χ2v) is 18.1. The van der Waals surface area contributed by atoms with Gasteiger partial charge in [0.25, 0.3) is 5.91 Å². The zero-order valence-electron chi connectivity index (χ0n) is 29.2. The van der Waals surface area contributed by atoms with E-state index in [1.807, 2.05) is 33.8 Å². The number of carbonyl (C=O) groups excluding carboxylic acids is 5. The number of Topliss-reactive ketones (excluding diaryl/α,β-unsaturated/α-hetero) is 1. The number of nitrogens with zero attached hydrogens (tertiary/aromatic N) is 1. The van der Waals surface area contributed by atoms with Crippen LogP contribution in [0, 0.1) is 34.5 Å². The van der Waals surface area contributed by atoms with Crippen molar-refractivity contribution in [3.63, 3.8) is 0 Å². The van der Waals surface area contributed by atoms with E-state index >= 15 is 0 Å². The largest absolute Gasteiger partial charge is 0.363 e. The van der Waals surface area contributed by atoms with Crippen LogP contribution in [-0.4, -0.2) is 79.3 Å². The normalized spacial score (nSPS) is 23.7. The van der Waals surface area contributed by atoms with E-state index in [-0.39, 0.29) is 40.6 Å². The van der Waals surface area contributed by atoms with Crippen LogP contribution in [0.15, 0.2) is 30.3 Å². The number of fused-ring (bicyclic) bond motifs is 1. The van der Waals surface area contributed by atoms with Gasteiger partial charge in [0.2, 0.25) is 17.6 Å². The Labute approximate surface area is 284 Å². The minimum Gasteiger partial charge on any atom is -0.363 e. The highest BCUT2D eigenvalue weighted by Crippen LogP contribution is 2.65. The van der Waals surface area contributed by atoms with Crippen molar-refractivity contribution in [2.75, 3.05) is 12.3 Å². The maximum Gasteiger partial charge on any atom is 0.315 e. The van der Waals surface area contributed by atoms with E-state index in [1.165, 1.54) is 4.90 Å². The van der Waals surface area contributed by atoms with Crippen LogP contribution >= 0.6 is 0 Å². The van der Waals surface area contributed by atoms with Crippen molar-refractivity contribution in [1.82, 2.24) is 20.9 Å². The van der Waals surface area contributed by atoms with E-state index in [9.17, 15) is 32.4 Å². The number of hydrogen-bond acceptors (Lipinski definition) is 7. The lowest BCUT2D eigenvalue weighted by molar-refractivity contribution is -0.145. The number of ketones is 1.